The zero-order valence-electron chi connectivity index (χ0n) is 13.7. The van der Waals surface area contributed by atoms with Crippen molar-refractivity contribution in [3.05, 3.63) is 65.1 Å². The average molecular weight is 364 g/mol. The van der Waals surface area contributed by atoms with Crippen molar-refractivity contribution in [3.63, 3.8) is 0 Å². The molecule has 0 aliphatic rings. The van der Waals surface area contributed by atoms with Crippen LogP contribution in [-0.4, -0.2) is 20.5 Å². The number of aromatic carboxylic acids is 1. The number of benzene rings is 1. The highest BCUT2D eigenvalue weighted by Crippen LogP contribution is 2.36. The summed E-state index contributed by atoms with van der Waals surface area (Å²) in [6.07, 6.45) is -2.37. The number of hydrogen-bond donors (Lipinski definition) is 1. The lowest BCUT2D eigenvalue weighted by atomic mass is 10.2. The number of halogens is 3. The van der Waals surface area contributed by atoms with Crippen molar-refractivity contribution in [2.75, 3.05) is 0 Å². The molecule has 1 N–H and O–H groups in total. The number of rotatable bonds is 5. The number of nitrogens with zero attached hydrogens (tertiary/aromatic N) is 2. The van der Waals surface area contributed by atoms with Gasteiger partial charge in [-0.25, -0.2) is 9.78 Å². The number of aryl methyl sites for hydroxylation is 1. The van der Waals surface area contributed by atoms with Crippen LogP contribution in [0.1, 0.15) is 34.2 Å². The van der Waals surface area contributed by atoms with Gasteiger partial charge in [0, 0.05) is 11.9 Å². The molecule has 0 unspecified atom stereocenters. The van der Waals surface area contributed by atoms with E-state index < -0.39 is 17.7 Å². The highest BCUT2D eigenvalue weighted by molar-refractivity contribution is 5.88. The second-order valence-corrected chi connectivity index (χ2v) is 5.59. The summed E-state index contributed by atoms with van der Waals surface area (Å²) in [4.78, 5) is 15.4. The molecule has 5 nitrogen and oxygen atoms in total. The smallest absolute Gasteiger partial charge is 0.419 e. The summed E-state index contributed by atoms with van der Waals surface area (Å²) in [5.74, 6) is -1.35. The van der Waals surface area contributed by atoms with Crippen LogP contribution in [0.25, 0.3) is 5.65 Å². The Hall–Kier alpha value is -3.03. The monoisotopic (exact) mass is 364 g/mol. The largest absolute Gasteiger partial charge is 0.487 e. The van der Waals surface area contributed by atoms with Gasteiger partial charge in [-0.3, -0.25) is 0 Å². The van der Waals surface area contributed by atoms with E-state index in [1.807, 2.05) is 6.92 Å². The number of pyridine rings is 1. The lowest BCUT2D eigenvalue weighted by molar-refractivity contribution is -0.139. The van der Waals surface area contributed by atoms with E-state index in [2.05, 4.69) is 4.98 Å². The molecule has 3 rings (SSSR count). The van der Waals surface area contributed by atoms with Crippen molar-refractivity contribution in [1.82, 2.24) is 9.38 Å². The Kier molecular flexibility index (Phi) is 4.58. The van der Waals surface area contributed by atoms with Gasteiger partial charge in [0.2, 0.25) is 0 Å². The van der Waals surface area contributed by atoms with Crippen LogP contribution in [0.3, 0.4) is 0 Å². The first-order valence-corrected chi connectivity index (χ1v) is 7.83. The number of hydrogen-bond acceptors (Lipinski definition) is 3. The van der Waals surface area contributed by atoms with Gasteiger partial charge in [-0.1, -0.05) is 19.1 Å². The fraction of sp³-hybridized carbons (Fsp3) is 0.222. The Morgan fingerprint density at radius 3 is 2.65 bits per heavy atom. The van der Waals surface area contributed by atoms with E-state index in [0.29, 0.717) is 17.8 Å². The molecule has 0 fully saturated rings. The second-order valence-electron chi connectivity index (χ2n) is 5.59. The maximum Gasteiger partial charge on any atom is 0.419 e. The van der Waals surface area contributed by atoms with Crippen molar-refractivity contribution in [1.29, 1.82) is 0 Å². The number of carboxylic acids is 1. The van der Waals surface area contributed by atoms with Gasteiger partial charge in [-0.2, -0.15) is 13.2 Å². The van der Waals surface area contributed by atoms with Crippen LogP contribution in [0.15, 0.2) is 42.6 Å². The van der Waals surface area contributed by atoms with Crippen molar-refractivity contribution >= 4 is 11.6 Å². The molecule has 0 atom stereocenters. The van der Waals surface area contributed by atoms with E-state index in [4.69, 9.17) is 9.84 Å². The number of para-hydroxylation sites is 1. The van der Waals surface area contributed by atoms with Crippen molar-refractivity contribution in [2.45, 2.75) is 26.1 Å². The number of fused-ring (bicyclic) bond motifs is 1. The minimum atomic E-state index is -4.51. The normalized spacial score (nSPS) is 11.7. The SMILES string of the molecule is CCc1c(COc2ccccc2C(F)(F)F)nc2cc(C(=O)O)ccn12. The first-order chi connectivity index (χ1) is 12.3. The molecule has 0 spiro atoms. The number of carbonyl (C=O) groups is 1. The predicted octanol–water partition coefficient (Wildman–Crippen LogP) is 4.19. The molecule has 2 aromatic heterocycles. The summed E-state index contributed by atoms with van der Waals surface area (Å²) in [5, 5.41) is 9.07. The van der Waals surface area contributed by atoms with Gasteiger partial charge in [0.25, 0.3) is 0 Å². The number of alkyl halides is 3. The van der Waals surface area contributed by atoms with Crippen molar-refractivity contribution < 1.29 is 27.8 Å². The van der Waals surface area contributed by atoms with Gasteiger partial charge in [0.1, 0.15) is 23.7 Å². The summed E-state index contributed by atoms with van der Waals surface area (Å²) in [5.41, 5.74) is 0.855. The third kappa shape index (κ3) is 3.35. The number of imidazole rings is 1. The van der Waals surface area contributed by atoms with Crippen LogP contribution in [0.2, 0.25) is 0 Å². The van der Waals surface area contributed by atoms with Crippen molar-refractivity contribution in [3.8, 4) is 5.75 Å². The highest BCUT2D eigenvalue weighted by Gasteiger charge is 2.34. The maximum absolute atomic E-state index is 13.1. The minimum Gasteiger partial charge on any atom is -0.487 e. The molecule has 1 aromatic carbocycles. The van der Waals surface area contributed by atoms with Gasteiger partial charge >= 0.3 is 12.1 Å². The van der Waals surface area contributed by atoms with Crippen LogP contribution in [-0.2, 0) is 19.2 Å². The number of carboxylic acid groups (broad SMARTS) is 1. The first-order valence-electron chi connectivity index (χ1n) is 7.83. The molecule has 0 saturated carbocycles. The molecule has 2 heterocycles. The Labute approximate surface area is 146 Å². The molecular formula is C18H15F3N2O3. The zero-order chi connectivity index (χ0) is 18.9. The Morgan fingerprint density at radius 1 is 1.27 bits per heavy atom. The quantitative estimate of drug-likeness (QED) is 0.737. The van der Waals surface area contributed by atoms with Gasteiger partial charge < -0.3 is 14.2 Å². The van der Waals surface area contributed by atoms with Gasteiger partial charge in [-0.15, -0.1) is 0 Å². The van der Waals surface area contributed by atoms with Gasteiger partial charge in [-0.05, 0) is 30.7 Å². The molecule has 8 heteroatoms. The Balaban J connectivity index is 1.94. The topological polar surface area (TPSA) is 63.8 Å². The standard InChI is InChI=1S/C18H15F3N2O3/c1-2-14-13(22-16-9-11(17(24)25)7-8-23(14)16)10-26-15-6-4-3-5-12(15)18(19,20)21/h3-9H,2,10H2,1H3,(H,24,25). The van der Waals surface area contributed by atoms with Crippen LogP contribution >= 0.6 is 0 Å². The van der Waals surface area contributed by atoms with Crippen molar-refractivity contribution in [2.24, 2.45) is 0 Å². The zero-order valence-corrected chi connectivity index (χ0v) is 13.7. The number of aromatic nitrogens is 2. The lowest BCUT2D eigenvalue weighted by Crippen LogP contribution is -2.09. The molecule has 0 aliphatic carbocycles. The lowest BCUT2D eigenvalue weighted by Gasteiger charge is -2.13. The van der Waals surface area contributed by atoms with Gasteiger partial charge in [0.05, 0.1) is 11.1 Å². The van der Waals surface area contributed by atoms with Crippen LogP contribution in [0, 0.1) is 0 Å². The molecule has 0 aliphatic heterocycles. The molecule has 26 heavy (non-hydrogen) atoms. The van der Waals surface area contributed by atoms with E-state index in [-0.39, 0.29) is 17.9 Å². The van der Waals surface area contributed by atoms with Crippen LogP contribution in [0.4, 0.5) is 13.2 Å². The van der Waals surface area contributed by atoms with E-state index in [0.717, 1.165) is 11.8 Å². The van der Waals surface area contributed by atoms with E-state index in [1.54, 1.807) is 10.6 Å². The van der Waals surface area contributed by atoms with Crippen LogP contribution < -0.4 is 4.74 Å². The molecule has 0 bridgehead atoms. The molecular weight excluding hydrogens is 349 g/mol. The fourth-order valence-electron chi connectivity index (χ4n) is 2.74. The third-order valence-corrected chi connectivity index (χ3v) is 3.95. The maximum atomic E-state index is 13.1. The number of ether oxygens (including phenoxy) is 1. The summed E-state index contributed by atoms with van der Waals surface area (Å²) >= 11 is 0. The molecule has 3 aromatic rings. The summed E-state index contributed by atoms with van der Waals surface area (Å²) in [6, 6.07) is 7.83. The summed E-state index contributed by atoms with van der Waals surface area (Å²) in [7, 11) is 0. The van der Waals surface area contributed by atoms with E-state index >= 15 is 0 Å². The Bertz CT molecular complexity index is 964. The molecule has 0 saturated heterocycles. The van der Waals surface area contributed by atoms with Crippen LogP contribution in [0.5, 0.6) is 5.75 Å². The third-order valence-electron chi connectivity index (χ3n) is 3.95. The second kappa shape index (κ2) is 6.70. The fourth-order valence-corrected chi connectivity index (χ4v) is 2.74. The highest BCUT2D eigenvalue weighted by atomic mass is 19.4. The van der Waals surface area contributed by atoms with E-state index in [1.165, 1.54) is 30.3 Å². The average Bonchev–Trinajstić information content (AvgIpc) is 2.95. The van der Waals surface area contributed by atoms with E-state index in [9.17, 15) is 18.0 Å². The Morgan fingerprint density at radius 2 is 2.00 bits per heavy atom. The summed E-state index contributed by atoms with van der Waals surface area (Å²) in [6.45, 7) is 1.72. The first kappa shape index (κ1) is 17.8. The molecule has 0 amide bonds. The molecule has 136 valence electrons. The summed E-state index contributed by atoms with van der Waals surface area (Å²) < 4.78 is 46.3. The molecule has 0 radical (unpaired) electrons. The minimum absolute atomic E-state index is 0.0834. The van der Waals surface area contributed by atoms with Gasteiger partial charge in [0.15, 0.2) is 0 Å². The predicted molar refractivity (Wildman–Crippen MR) is 87.3 cm³/mol.